The molecule has 0 bridgehead atoms. The fourth-order valence-corrected chi connectivity index (χ4v) is 3.77. The molecule has 28 heavy (non-hydrogen) atoms. The maximum Gasteiger partial charge on any atom is 0.227 e. The molecule has 0 aliphatic heterocycles. The topological polar surface area (TPSA) is 77.8 Å². The molecule has 3 aromatic rings. The van der Waals surface area contributed by atoms with Crippen LogP contribution in [0.3, 0.4) is 0 Å². The summed E-state index contributed by atoms with van der Waals surface area (Å²) in [6, 6.07) is 19.5. The molecule has 1 amide bonds. The van der Waals surface area contributed by atoms with E-state index in [1.165, 1.54) is 0 Å². The number of pyridine rings is 1. The number of hydrogen-bond acceptors (Lipinski definition) is 4. The van der Waals surface area contributed by atoms with Crippen molar-refractivity contribution in [3.05, 3.63) is 65.9 Å². The monoisotopic (exact) mass is 370 g/mol. The molecule has 1 aromatic heterocycles. The van der Waals surface area contributed by atoms with Crippen molar-refractivity contribution < 1.29 is 4.79 Å². The minimum absolute atomic E-state index is 0.126. The number of fused-ring (bicyclic) bond motifs is 1. The van der Waals surface area contributed by atoms with E-state index < -0.39 is 0 Å². The predicted octanol–water partition coefficient (Wildman–Crippen LogP) is 4.85. The van der Waals surface area contributed by atoms with E-state index in [0.29, 0.717) is 12.2 Å². The normalized spacial score (nSPS) is 14.0. The number of nitrogens with one attached hydrogen (secondary N) is 2. The van der Waals surface area contributed by atoms with Crippen LogP contribution in [0.5, 0.6) is 0 Å². The maximum absolute atomic E-state index is 12.4. The third kappa shape index (κ3) is 3.96. The van der Waals surface area contributed by atoms with E-state index in [1.807, 2.05) is 48.5 Å². The highest BCUT2D eigenvalue weighted by atomic mass is 16.1. The summed E-state index contributed by atoms with van der Waals surface area (Å²) in [6.45, 7) is 0.589. The van der Waals surface area contributed by atoms with Crippen molar-refractivity contribution in [2.45, 2.75) is 32.2 Å². The Bertz CT molecular complexity index is 1050. The molecule has 0 radical (unpaired) electrons. The number of nitrogens with zero attached hydrogens (tertiary/aromatic N) is 2. The fourth-order valence-electron chi connectivity index (χ4n) is 3.77. The molecule has 1 heterocycles. The molecule has 2 N–H and O–H groups in total. The number of hydrogen-bond donors (Lipinski definition) is 2. The molecule has 140 valence electrons. The summed E-state index contributed by atoms with van der Waals surface area (Å²) in [5, 5.41) is 16.7. The van der Waals surface area contributed by atoms with Crippen LogP contribution in [-0.4, -0.2) is 10.9 Å². The number of anilines is 2. The highest BCUT2D eigenvalue weighted by Crippen LogP contribution is 2.27. The van der Waals surface area contributed by atoms with Crippen LogP contribution in [0.2, 0.25) is 0 Å². The highest BCUT2D eigenvalue weighted by molar-refractivity contribution is 5.93. The van der Waals surface area contributed by atoms with E-state index in [2.05, 4.69) is 21.7 Å². The Morgan fingerprint density at radius 3 is 2.75 bits per heavy atom. The number of aromatic nitrogens is 1. The van der Waals surface area contributed by atoms with Crippen LogP contribution in [0, 0.1) is 17.2 Å². The Kier molecular flexibility index (Phi) is 5.20. The van der Waals surface area contributed by atoms with Gasteiger partial charge in [-0.05, 0) is 42.7 Å². The Morgan fingerprint density at radius 2 is 1.93 bits per heavy atom. The number of para-hydroxylation sites is 1. The van der Waals surface area contributed by atoms with Crippen molar-refractivity contribution in [1.82, 2.24) is 4.98 Å². The second kappa shape index (κ2) is 8.10. The molecule has 1 saturated carbocycles. The van der Waals surface area contributed by atoms with Gasteiger partial charge in [0, 0.05) is 29.2 Å². The number of carbonyl (C=O) groups is 1. The minimum Gasteiger partial charge on any atom is -0.380 e. The Hall–Kier alpha value is -3.39. The third-order valence-corrected chi connectivity index (χ3v) is 5.23. The van der Waals surface area contributed by atoms with Crippen molar-refractivity contribution in [2.75, 3.05) is 10.6 Å². The van der Waals surface area contributed by atoms with Gasteiger partial charge in [-0.15, -0.1) is 0 Å². The van der Waals surface area contributed by atoms with Gasteiger partial charge in [0.1, 0.15) is 11.8 Å². The lowest BCUT2D eigenvalue weighted by atomic mass is 10.1. The molecule has 1 fully saturated rings. The summed E-state index contributed by atoms with van der Waals surface area (Å²) in [6.07, 6.45) is 4.27. The SMILES string of the molecule is N#Cc1cc(NCc2cccc(NC(=O)C3CCCC3)c2)c2ccccc2n1. The first-order valence-electron chi connectivity index (χ1n) is 9.66. The minimum atomic E-state index is 0.126. The molecule has 2 aromatic carbocycles. The molecule has 0 unspecified atom stereocenters. The van der Waals surface area contributed by atoms with Crippen LogP contribution in [0.4, 0.5) is 11.4 Å². The molecular weight excluding hydrogens is 348 g/mol. The van der Waals surface area contributed by atoms with Gasteiger partial charge in [0.25, 0.3) is 0 Å². The van der Waals surface area contributed by atoms with Gasteiger partial charge in [-0.2, -0.15) is 5.26 Å². The van der Waals surface area contributed by atoms with Crippen LogP contribution >= 0.6 is 0 Å². The van der Waals surface area contributed by atoms with E-state index in [0.717, 1.165) is 53.5 Å². The van der Waals surface area contributed by atoms with Crippen LogP contribution < -0.4 is 10.6 Å². The van der Waals surface area contributed by atoms with Crippen molar-refractivity contribution in [3.8, 4) is 6.07 Å². The second-order valence-electron chi connectivity index (χ2n) is 7.21. The van der Waals surface area contributed by atoms with Gasteiger partial charge in [-0.25, -0.2) is 4.98 Å². The maximum atomic E-state index is 12.4. The van der Waals surface area contributed by atoms with E-state index in [-0.39, 0.29) is 11.8 Å². The number of amides is 1. The molecule has 5 heteroatoms. The summed E-state index contributed by atoms with van der Waals surface area (Å²) < 4.78 is 0. The number of carbonyl (C=O) groups excluding carboxylic acids is 1. The molecule has 0 spiro atoms. The standard InChI is InChI=1S/C23H22N4O/c24-14-19-13-22(20-10-3-4-11-21(20)26-19)25-15-16-6-5-9-18(12-16)27-23(28)17-7-1-2-8-17/h3-6,9-13,17H,1-2,7-8,15H2,(H,25,26)(H,27,28). The highest BCUT2D eigenvalue weighted by Gasteiger charge is 2.22. The Morgan fingerprint density at radius 1 is 1.11 bits per heavy atom. The van der Waals surface area contributed by atoms with Crippen LogP contribution in [-0.2, 0) is 11.3 Å². The lowest BCUT2D eigenvalue weighted by molar-refractivity contribution is -0.119. The van der Waals surface area contributed by atoms with Gasteiger partial charge in [-0.1, -0.05) is 43.2 Å². The molecule has 1 aliphatic rings. The summed E-state index contributed by atoms with van der Waals surface area (Å²) in [5.74, 6) is 0.274. The molecule has 4 rings (SSSR count). The average Bonchev–Trinajstić information content (AvgIpc) is 3.27. The van der Waals surface area contributed by atoms with Gasteiger partial charge >= 0.3 is 0 Å². The predicted molar refractivity (Wildman–Crippen MR) is 111 cm³/mol. The zero-order valence-corrected chi connectivity index (χ0v) is 15.6. The summed E-state index contributed by atoms with van der Waals surface area (Å²) >= 11 is 0. The first-order valence-corrected chi connectivity index (χ1v) is 9.66. The van der Waals surface area contributed by atoms with Crippen LogP contribution in [0.25, 0.3) is 10.9 Å². The van der Waals surface area contributed by atoms with Gasteiger partial charge in [0.15, 0.2) is 0 Å². The zero-order chi connectivity index (χ0) is 19.3. The summed E-state index contributed by atoms with van der Waals surface area (Å²) in [5.41, 5.74) is 3.94. The van der Waals surface area contributed by atoms with Crippen molar-refractivity contribution in [1.29, 1.82) is 5.26 Å². The van der Waals surface area contributed by atoms with Gasteiger partial charge < -0.3 is 10.6 Å². The molecule has 0 saturated heterocycles. The van der Waals surface area contributed by atoms with E-state index in [9.17, 15) is 10.1 Å². The molecule has 1 aliphatic carbocycles. The number of rotatable bonds is 5. The lowest BCUT2D eigenvalue weighted by Gasteiger charge is -2.13. The first-order chi connectivity index (χ1) is 13.7. The van der Waals surface area contributed by atoms with Crippen molar-refractivity contribution >= 4 is 28.2 Å². The van der Waals surface area contributed by atoms with Gasteiger partial charge in [0.05, 0.1) is 5.52 Å². The second-order valence-corrected chi connectivity index (χ2v) is 7.21. The largest absolute Gasteiger partial charge is 0.380 e. The van der Waals surface area contributed by atoms with Gasteiger partial charge in [-0.3, -0.25) is 4.79 Å². The van der Waals surface area contributed by atoms with Crippen molar-refractivity contribution in [3.63, 3.8) is 0 Å². The zero-order valence-electron chi connectivity index (χ0n) is 15.6. The van der Waals surface area contributed by atoms with E-state index in [1.54, 1.807) is 6.07 Å². The van der Waals surface area contributed by atoms with Crippen molar-refractivity contribution in [2.24, 2.45) is 5.92 Å². The molecular formula is C23H22N4O. The average molecular weight is 370 g/mol. The third-order valence-electron chi connectivity index (χ3n) is 5.23. The summed E-state index contributed by atoms with van der Waals surface area (Å²) in [4.78, 5) is 16.7. The lowest BCUT2D eigenvalue weighted by Crippen LogP contribution is -2.20. The number of nitriles is 1. The molecule has 0 atom stereocenters. The summed E-state index contributed by atoms with van der Waals surface area (Å²) in [7, 11) is 0. The van der Waals surface area contributed by atoms with E-state index >= 15 is 0 Å². The van der Waals surface area contributed by atoms with Crippen LogP contribution in [0.1, 0.15) is 36.9 Å². The number of benzene rings is 2. The Balaban J connectivity index is 1.49. The quantitative estimate of drug-likeness (QED) is 0.673. The van der Waals surface area contributed by atoms with Gasteiger partial charge in [0.2, 0.25) is 5.91 Å². The smallest absolute Gasteiger partial charge is 0.227 e. The Labute approximate surface area is 164 Å². The van der Waals surface area contributed by atoms with Crippen LogP contribution in [0.15, 0.2) is 54.6 Å². The van der Waals surface area contributed by atoms with E-state index in [4.69, 9.17) is 0 Å². The first kappa shape index (κ1) is 18.0. The molecule has 5 nitrogen and oxygen atoms in total. The fraction of sp³-hybridized carbons (Fsp3) is 0.261.